The number of amides is 1. The van der Waals surface area contributed by atoms with Gasteiger partial charge in [0.15, 0.2) is 23.0 Å². The normalized spacial score (nSPS) is 10.8. The summed E-state index contributed by atoms with van der Waals surface area (Å²) >= 11 is 0. The molecule has 0 saturated carbocycles. The first-order valence-electron chi connectivity index (χ1n) is 10.9. The molecule has 0 atom stereocenters. The molecule has 3 aromatic heterocycles. The van der Waals surface area contributed by atoms with E-state index >= 15 is 0 Å². The van der Waals surface area contributed by atoms with Crippen LogP contribution in [0.5, 0.6) is 11.5 Å². The minimum atomic E-state index is -0.143. The van der Waals surface area contributed by atoms with Crippen molar-refractivity contribution in [2.45, 2.75) is 6.42 Å². The van der Waals surface area contributed by atoms with Crippen LogP contribution in [0.25, 0.3) is 28.3 Å². The number of ether oxygens (including phenoxy) is 2. The summed E-state index contributed by atoms with van der Waals surface area (Å²) < 4.78 is 12.3. The minimum absolute atomic E-state index is 0.143. The van der Waals surface area contributed by atoms with E-state index in [1.165, 1.54) is 0 Å². The Morgan fingerprint density at radius 1 is 0.914 bits per heavy atom. The second-order valence-corrected chi connectivity index (χ2v) is 7.75. The van der Waals surface area contributed by atoms with Crippen LogP contribution in [0.2, 0.25) is 0 Å². The molecule has 2 aromatic carbocycles. The average Bonchev–Trinajstić information content (AvgIpc) is 3.32. The highest BCUT2D eigenvalue weighted by atomic mass is 16.5. The molecule has 0 aliphatic carbocycles. The number of benzene rings is 2. The van der Waals surface area contributed by atoms with E-state index in [2.05, 4.69) is 20.5 Å². The van der Waals surface area contributed by atoms with E-state index in [4.69, 9.17) is 14.6 Å². The van der Waals surface area contributed by atoms with E-state index in [0.717, 1.165) is 22.4 Å². The van der Waals surface area contributed by atoms with Gasteiger partial charge in [-0.2, -0.15) is 9.61 Å². The second kappa shape index (κ2) is 9.60. The van der Waals surface area contributed by atoms with E-state index in [1.54, 1.807) is 43.3 Å². The molecule has 5 aromatic rings. The summed E-state index contributed by atoms with van der Waals surface area (Å²) in [7, 11) is 3.14. The average molecular weight is 467 g/mol. The highest BCUT2D eigenvalue weighted by Gasteiger charge is 2.12. The predicted octanol–water partition coefficient (Wildman–Crippen LogP) is 4.05. The monoisotopic (exact) mass is 466 g/mol. The second-order valence-electron chi connectivity index (χ2n) is 7.75. The Kier molecular flexibility index (Phi) is 6.04. The Balaban J connectivity index is 1.37. The van der Waals surface area contributed by atoms with Crippen molar-refractivity contribution < 1.29 is 14.3 Å². The maximum atomic E-state index is 12.7. The molecular weight excluding hydrogens is 444 g/mol. The first-order valence-corrected chi connectivity index (χ1v) is 10.9. The molecule has 1 N–H and O–H groups in total. The molecule has 9 heteroatoms. The summed E-state index contributed by atoms with van der Waals surface area (Å²) in [5, 5.41) is 16.1. The fraction of sp³-hybridized carbons (Fsp3) is 0.115. The number of hydrogen-bond acceptors (Lipinski definition) is 7. The molecule has 3 heterocycles. The van der Waals surface area contributed by atoms with Crippen molar-refractivity contribution in [1.29, 1.82) is 0 Å². The van der Waals surface area contributed by atoms with Gasteiger partial charge in [0.05, 0.1) is 26.3 Å². The quantitative estimate of drug-likeness (QED) is 0.386. The number of carbonyl (C=O) groups excluding carboxylic acids is 1. The maximum Gasteiger partial charge on any atom is 0.228 e. The summed E-state index contributed by atoms with van der Waals surface area (Å²) in [5.41, 5.74) is 4.51. The van der Waals surface area contributed by atoms with Gasteiger partial charge >= 0.3 is 0 Å². The van der Waals surface area contributed by atoms with Gasteiger partial charge in [0.1, 0.15) is 0 Å². The predicted molar refractivity (Wildman–Crippen MR) is 131 cm³/mol. The maximum absolute atomic E-state index is 12.7. The zero-order valence-corrected chi connectivity index (χ0v) is 19.2. The molecule has 9 nitrogen and oxygen atoms in total. The van der Waals surface area contributed by atoms with Crippen LogP contribution in [-0.2, 0) is 11.2 Å². The Bertz CT molecular complexity index is 1500. The van der Waals surface area contributed by atoms with Gasteiger partial charge in [0.25, 0.3) is 0 Å². The van der Waals surface area contributed by atoms with Crippen LogP contribution in [0.1, 0.15) is 5.56 Å². The molecule has 0 bridgehead atoms. The number of methoxy groups -OCH3 is 2. The number of carbonyl (C=O) groups is 1. The van der Waals surface area contributed by atoms with Crippen molar-refractivity contribution >= 4 is 17.2 Å². The standard InChI is InChI=1S/C26H22N6O3/c1-34-22-10-8-17(13-23(22)35-2)14-25(33)28-20-7-3-5-18(15-20)21-9-11-24-29-30-26(32(24)31-21)19-6-4-12-27-16-19/h3-13,15-16H,14H2,1-2H3,(H,28,33). The number of pyridine rings is 1. The summed E-state index contributed by atoms with van der Waals surface area (Å²) in [5.74, 6) is 1.67. The Hall–Kier alpha value is -4.79. The summed E-state index contributed by atoms with van der Waals surface area (Å²) in [4.78, 5) is 16.9. The molecule has 0 unspecified atom stereocenters. The molecule has 174 valence electrons. The van der Waals surface area contributed by atoms with E-state index in [1.807, 2.05) is 54.6 Å². The summed E-state index contributed by atoms with van der Waals surface area (Å²) in [6, 6.07) is 20.5. The van der Waals surface area contributed by atoms with Gasteiger partial charge in [-0.1, -0.05) is 18.2 Å². The van der Waals surface area contributed by atoms with E-state index in [-0.39, 0.29) is 12.3 Å². The lowest BCUT2D eigenvalue weighted by Crippen LogP contribution is -2.14. The fourth-order valence-electron chi connectivity index (χ4n) is 3.76. The number of nitrogens with one attached hydrogen (secondary N) is 1. The molecule has 1 amide bonds. The largest absolute Gasteiger partial charge is 0.493 e. The van der Waals surface area contributed by atoms with Crippen molar-refractivity contribution in [1.82, 2.24) is 24.8 Å². The first-order chi connectivity index (χ1) is 17.1. The van der Waals surface area contributed by atoms with E-state index in [0.29, 0.717) is 28.7 Å². The number of fused-ring (bicyclic) bond motifs is 1. The van der Waals surface area contributed by atoms with E-state index < -0.39 is 0 Å². The topological polar surface area (TPSA) is 104 Å². The van der Waals surface area contributed by atoms with Gasteiger partial charge < -0.3 is 14.8 Å². The van der Waals surface area contributed by atoms with Crippen molar-refractivity contribution in [3.8, 4) is 34.1 Å². The third-order valence-electron chi connectivity index (χ3n) is 5.44. The van der Waals surface area contributed by atoms with Gasteiger partial charge in [-0.05, 0) is 54.1 Å². The summed E-state index contributed by atoms with van der Waals surface area (Å²) in [6.45, 7) is 0. The number of anilines is 1. The molecule has 5 rings (SSSR count). The van der Waals surface area contributed by atoms with Crippen LogP contribution in [0.4, 0.5) is 5.69 Å². The molecule has 0 saturated heterocycles. The molecule has 0 radical (unpaired) electrons. The van der Waals surface area contributed by atoms with Gasteiger partial charge in [-0.15, -0.1) is 10.2 Å². The van der Waals surface area contributed by atoms with E-state index in [9.17, 15) is 4.79 Å². The molecule has 0 aliphatic heterocycles. The number of aromatic nitrogens is 5. The highest BCUT2D eigenvalue weighted by molar-refractivity contribution is 5.93. The van der Waals surface area contributed by atoms with Crippen molar-refractivity contribution in [2.24, 2.45) is 0 Å². The minimum Gasteiger partial charge on any atom is -0.493 e. The number of hydrogen-bond donors (Lipinski definition) is 1. The van der Waals surface area contributed by atoms with Crippen LogP contribution in [-0.4, -0.2) is 44.9 Å². The Morgan fingerprint density at radius 2 is 1.77 bits per heavy atom. The van der Waals surface area contributed by atoms with Crippen LogP contribution in [0.3, 0.4) is 0 Å². The van der Waals surface area contributed by atoms with Gasteiger partial charge in [0.2, 0.25) is 5.91 Å². The third kappa shape index (κ3) is 4.65. The van der Waals surface area contributed by atoms with Crippen molar-refractivity contribution in [3.05, 3.63) is 84.7 Å². The van der Waals surface area contributed by atoms with Crippen LogP contribution in [0.15, 0.2) is 79.1 Å². The molecule has 0 aliphatic rings. The lowest BCUT2D eigenvalue weighted by atomic mass is 10.1. The number of rotatable bonds is 7. The van der Waals surface area contributed by atoms with Crippen LogP contribution >= 0.6 is 0 Å². The molecule has 0 fully saturated rings. The first kappa shape index (κ1) is 22.0. The third-order valence-corrected chi connectivity index (χ3v) is 5.44. The zero-order chi connectivity index (χ0) is 24.2. The molecular formula is C26H22N6O3. The highest BCUT2D eigenvalue weighted by Crippen LogP contribution is 2.28. The van der Waals surface area contributed by atoms with Crippen LogP contribution in [0, 0.1) is 0 Å². The Morgan fingerprint density at radius 3 is 2.57 bits per heavy atom. The van der Waals surface area contributed by atoms with Gasteiger partial charge in [0, 0.05) is 29.2 Å². The zero-order valence-electron chi connectivity index (χ0n) is 19.2. The molecule has 35 heavy (non-hydrogen) atoms. The number of nitrogens with zero attached hydrogens (tertiary/aromatic N) is 5. The van der Waals surface area contributed by atoms with Gasteiger partial charge in [-0.3, -0.25) is 9.78 Å². The lowest BCUT2D eigenvalue weighted by molar-refractivity contribution is -0.115. The lowest BCUT2D eigenvalue weighted by Gasteiger charge is -2.10. The SMILES string of the molecule is COc1ccc(CC(=O)Nc2cccc(-c3ccc4nnc(-c5cccnc5)n4n3)c2)cc1OC. The van der Waals surface area contributed by atoms with Crippen molar-refractivity contribution in [2.75, 3.05) is 19.5 Å². The van der Waals surface area contributed by atoms with Crippen molar-refractivity contribution in [3.63, 3.8) is 0 Å². The van der Waals surface area contributed by atoms with Gasteiger partial charge in [-0.25, -0.2) is 0 Å². The Labute approximate surface area is 201 Å². The van der Waals surface area contributed by atoms with Crippen LogP contribution < -0.4 is 14.8 Å². The smallest absolute Gasteiger partial charge is 0.228 e. The molecule has 0 spiro atoms. The fourth-order valence-corrected chi connectivity index (χ4v) is 3.76. The summed E-state index contributed by atoms with van der Waals surface area (Å²) in [6.07, 6.45) is 3.62.